The lowest BCUT2D eigenvalue weighted by molar-refractivity contribution is 0.252. The molecule has 2 rings (SSSR count). The highest BCUT2D eigenvalue weighted by Crippen LogP contribution is 2.30. The fourth-order valence-electron chi connectivity index (χ4n) is 1.68. The number of aromatic nitrogens is 2. The second-order valence-electron chi connectivity index (χ2n) is 5.95. The van der Waals surface area contributed by atoms with Gasteiger partial charge in [-0.3, -0.25) is 0 Å². The van der Waals surface area contributed by atoms with Crippen molar-refractivity contribution in [2.75, 3.05) is 0 Å². The third-order valence-electron chi connectivity index (χ3n) is 3.13. The average molecular weight is 291 g/mol. The molecule has 4 nitrogen and oxygen atoms in total. The maximum atomic E-state index is 6.11. The number of benzene rings is 1. The second kappa shape index (κ2) is 5.97. The Morgan fingerprint density at radius 3 is 2.65 bits per heavy atom. The molecular weight excluding hydrogens is 270 g/mol. The second-order valence-corrected chi connectivity index (χ2v) is 6.96. The zero-order valence-electron chi connectivity index (χ0n) is 12.4. The molecule has 0 saturated heterocycles. The SMILES string of the molecule is Cc1ccccc1SCc1noc([C@H](N)C(C)(C)C)n1. The number of rotatable bonds is 4. The minimum absolute atomic E-state index is 0.0903. The molecule has 0 unspecified atom stereocenters. The van der Waals surface area contributed by atoms with E-state index in [-0.39, 0.29) is 11.5 Å². The molecule has 0 saturated carbocycles. The molecule has 0 aliphatic heterocycles. The van der Waals surface area contributed by atoms with Crippen LogP contribution in [-0.4, -0.2) is 10.1 Å². The number of aryl methyl sites for hydroxylation is 1. The van der Waals surface area contributed by atoms with Gasteiger partial charge in [0, 0.05) is 4.90 Å². The molecule has 0 bridgehead atoms. The molecule has 0 aliphatic rings. The van der Waals surface area contributed by atoms with Crippen LogP contribution in [0.2, 0.25) is 0 Å². The van der Waals surface area contributed by atoms with Crippen LogP contribution in [0.3, 0.4) is 0 Å². The molecule has 108 valence electrons. The summed E-state index contributed by atoms with van der Waals surface area (Å²) in [4.78, 5) is 5.63. The van der Waals surface area contributed by atoms with Gasteiger partial charge in [0.15, 0.2) is 5.82 Å². The summed E-state index contributed by atoms with van der Waals surface area (Å²) in [5, 5.41) is 4.01. The highest BCUT2D eigenvalue weighted by Gasteiger charge is 2.27. The lowest BCUT2D eigenvalue weighted by Crippen LogP contribution is -2.26. The maximum Gasteiger partial charge on any atom is 0.244 e. The topological polar surface area (TPSA) is 64.9 Å². The van der Waals surface area contributed by atoms with Crippen molar-refractivity contribution in [2.45, 2.75) is 44.4 Å². The zero-order chi connectivity index (χ0) is 14.8. The minimum Gasteiger partial charge on any atom is -0.338 e. The number of thioether (sulfide) groups is 1. The first kappa shape index (κ1) is 15.1. The molecule has 1 aromatic heterocycles. The van der Waals surface area contributed by atoms with E-state index in [0.717, 1.165) is 0 Å². The predicted octanol–water partition coefficient (Wildman–Crippen LogP) is 3.72. The number of hydrogen-bond acceptors (Lipinski definition) is 5. The van der Waals surface area contributed by atoms with Gasteiger partial charge in [-0.25, -0.2) is 0 Å². The van der Waals surface area contributed by atoms with Crippen LogP contribution in [0.15, 0.2) is 33.7 Å². The number of hydrogen-bond donors (Lipinski definition) is 1. The van der Waals surface area contributed by atoms with Crippen LogP contribution in [0.4, 0.5) is 0 Å². The molecule has 0 amide bonds. The molecule has 1 aromatic carbocycles. The Kier molecular flexibility index (Phi) is 4.50. The smallest absolute Gasteiger partial charge is 0.244 e. The Balaban J connectivity index is 2.02. The third-order valence-corrected chi connectivity index (χ3v) is 4.30. The molecule has 0 fully saturated rings. The normalized spacial score (nSPS) is 13.4. The summed E-state index contributed by atoms with van der Waals surface area (Å²) in [6, 6.07) is 8.02. The maximum absolute atomic E-state index is 6.11. The van der Waals surface area contributed by atoms with Gasteiger partial charge >= 0.3 is 0 Å². The molecule has 1 heterocycles. The van der Waals surface area contributed by atoms with Crippen molar-refractivity contribution in [3.05, 3.63) is 41.5 Å². The van der Waals surface area contributed by atoms with E-state index >= 15 is 0 Å². The predicted molar refractivity (Wildman–Crippen MR) is 81.4 cm³/mol. The first-order valence-electron chi connectivity index (χ1n) is 6.64. The van der Waals surface area contributed by atoms with E-state index in [9.17, 15) is 0 Å². The highest BCUT2D eigenvalue weighted by molar-refractivity contribution is 7.98. The van der Waals surface area contributed by atoms with E-state index in [1.807, 2.05) is 12.1 Å². The molecular formula is C15H21N3OS. The largest absolute Gasteiger partial charge is 0.338 e. The molecule has 20 heavy (non-hydrogen) atoms. The van der Waals surface area contributed by atoms with Crippen LogP contribution in [0.1, 0.15) is 44.1 Å². The summed E-state index contributed by atoms with van der Waals surface area (Å²) >= 11 is 1.71. The van der Waals surface area contributed by atoms with Crippen molar-refractivity contribution in [3.8, 4) is 0 Å². The molecule has 0 radical (unpaired) electrons. The summed E-state index contributed by atoms with van der Waals surface area (Å²) in [7, 11) is 0. The van der Waals surface area contributed by atoms with E-state index in [0.29, 0.717) is 17.5 Å². The Hall–Kier alpha value is -1.33. The van der Waals surface area contributed by atoms with E-state index in [1.54, 1.807) is 11.8 Å². The van der Waals surface area contributed by atoms with Crippen molar-refractivity contribution in [1.82, 2.24) is 10.1 Å². The molecule has 1 atom stereocenters. The third kappa shape index (κ3) is 3.61. The van der Waals surface area contributed by atoms with Crippen LogP contribution in [0.25, 0.3) is 0 Å². The van der Waals surface area contributed by atoms with Gasteiger partial charge in [0.2, 0.25) is 5.89 Å². The summed E-state index contributed by atoms with van der Waals surface area (Å²) in [6.45, 7) is 8.27. The van der Waals surface area contributed by atoms with Crippen molar-refractivity contribution in [3.63, 3.8) is 0 Å². The highest BCUT2D eigenvalue weighted by atomic mass is 32.2. The van der Waals surface area contributed by atoms with Crippen molar-refractivity contribution in [2.24, 2.45) is 11.1 Å². The van der Waals surface area contributed by atoms with E-state index in [4.69, 9.17) is 10.3 Å². The Labute approximate surface area is 124 Å². The minimum atomic E-state index is -0.243. The monoisotopic (exact) mass is 291 g/mol. The van der Waals surface area contributed by atoms with Gasteiger partial charge in [-0.15, -0.1) is 11.8 Å². The summed E-state index contributed by atoms with van der Waals surface area (Å²) < 4.78 is 5.27. The van der Waals surface area contributed by atoms with Crippen molar-refractivity contribution < 1.29 is 4.52 Å². The Morgan fingerprint density at radius 1 is 1.30 bits per heavy atom. The van der Waals surface area contributed by atoms with E-state index < -0.39 is 0 Å². The van der Waals surface area contributed by atoms with Gasteiger partial charge in [-0.2, -0.15) is 4.98 Å². The zero-order valence-corrected chi connectivity index (χ0v) is 13.2. The van der Waals surface area contributed by atoms with Gasteiger partial charge in [0.05, 0.1) is 11.8 Å². The van der Waals surface area contributed by atoms with Crippen LogP contribution in [0, 0.1) is 12.3 Å². The lowest BCUT2D eigenvalue weighted by Gasteiger charge is -2.23. The van der Waals surface area contributed by atoms with Gasteiger partial charge < -0.3 is 10.3 Å². The number of nitrogens with two attached hydrogens (primary N) is 1. The summed E-state index contributed by atoms with van der Waals surface area (Å²) in [5.41, 5.74) is 7.28. The van der Waals surface area contributed by atoms with Gasteiger partial charge in [0.25, 0.3) is 0 Å². The van der Waals surface area contributed by atoms with Gasteiger partial charge in [0.1, 0.15) is 0 Å². The molecule has 2 N–H and O–H groups in total. The first-order valence-corrected chi connectivity index (χ1v) is 7.63. The summed E-state index contributed by atoms with van der Waals surface area (Å²) in [5.74, 6) is 1.89. The fraction of sp³-hybridized carbons (Fsp3) is 0.467. The average Bonchev–Trinajstić information content (AvgIpc) is 2.84. The molecule has 2 aromatic rings. The van der Waals surface area contributed by atoms with Crippen LogP contribution in [-0.2, 0) is 5.75 Å². The summed E-state index contributed by atoms with van der Waals surface area (Å²) in [6.07, 6.45) is 0. The van der Waals surface area contributed by atoms with Gasteiger partial charge in [-0.05, 0) is 24.0 Å². The fourth-order valence-corrected chi connectivity index (χ4v) is 2.56. The molecule has 0 aliphatic carbocycles. The Bertz CT molecular complexity index is 574. The van der Waals surface area contributed by atoms with E-state index in [2.05, 4.69) is 50.0 Å². The Morgan fingerprint density at radius 2 is 2.00 bits per heavy atom. The first-order chi connectivity index (χ1) is 9.38. The molecule has 0 spiro atoms. The standard InChI is InChI=1S/C15H21N3OS/c1-10-7-5-6-8-11(10)20-9-12-17-14(19-18-12)13(16)15(2,3)4/h5-8,13H,9,16H2,1-4H3/t13-/m0/s1. The molecule has 5 heteroatoms. The lowest BCUT2D eigenvalue weighted by atomic mass is 9.87. The van der Waals surface area contributed by atoms with Crippen LogP contribution >= 0.6 is 11.8 Å². The van der Waals surface area contributed by atoms with Crippen molar-refractivity contribution >= 4 is 11.8 Å². The van der Waals surface area contributed by atoms with Crippen LogP contribution < -0.4 is 5.73 Å². The van der Waals surface area contributed by atoms with Gasteiger partial charge in [-0.1, -0.05) is 44.1 Å². The van der Waals surface area contributed by atoms with Crippen LogP contribution in [0.5, 0.6) is 0 Å². The van der Waals surface area contributed by atoms with E-state index in [1.165, 1.54) is 10.5 Å². The number of nitrogens with zero attached hydrogens (tertiary/aromatic N) is 2. The quantitative estimate of drug-likeness (QED) is 0.870. The van der Waals surface area contributed by atoms with Crippen molar-refractivity contribution in [1.29, 1.82) is 0 Å².